The van der Waals surface area contributed by atoms with Crippen LogP contribution in [0.5, 0.6) is 23.0 Å². The van der Waals surface area contributed by atoms with Crippen molar-refractivity contribution >= 4 is 37.6 Å². The molecule has 0 bridgehead atoms. The number of methoxy groups -OCH3 is 2. The molecule has 0 aliphatic heterocycles. The molecular formula is C26H22N2O8Te. The monoisotopic (exact) mass is 620 g/mol. The van der Waals surface area contributed by atoms with Crippen molar-refractivity contribution in [2.24, 2.45) is 0 Å². The predicted octanol–water partition coefficient (Wildman–Crippen LogP) is 4.23. The number of nitro groups is 2. The fraction of sp³-hybridized carbons (Fsp3) is 0.0769. The van der Waals surface area contributed by atoms with Gasteiger partial charge in [-0.05, 0) is 0 Å². The van der Waals surface area contributed by atoms with Crippen LogP contribution in [0.25, 0.3) is 0 Å². The Balaban J connectivity index is 1.89. The van der Waals surface area contributed by atoms with E-state index in [0.717, 1.165) is 7.22 Å². The quantitative estimate of drug-likeness (QED) is 0.147. The zero-order valence-corrected chi connectivity index (χ0v) is 22.1. The molecule has 4 aromatic rings. The summed E-state index contributed by atoms with van der Waals surface area (Å²) in [4.78, 5) is 21.3. The van der Waals surface area contributed by atoms with Crippen LogP contribution in [0.15, 0.2) is 97.1 Å². The van der Waals surface area contributed by atoms with Gasteiger partial charge in [0.15, 0.2) is 0 Å². The molecule has 0 fully saturated rings. The molecular weight excluding hydrogens is 596 g/mol. The number of benzene rings is 4. The fourth-order valence-electron chi connectivity index (χ4n) is 3.37. The molecule has 4 aromatic carbocycles. The van der Waals surface area contributed by atoms with Crippen LogP contribution < -0.4 is 22.9 Å². The second-order valence-corrected chi connectivity index (χ2v) is 14.0. The van der Waals surface area contributed by atoms with Crippen molar-refractivity contribution in [2.45, 2.75) is 0 Å². The Hall–Kier alpha value is -4.33. The number of rotatable bonds is 10. The standard InChI is InChI=1S/C26H22N2O8Te/c1-33-21-11-15-25(16-12-21)37(26-17-13-22(34-2)14-18-26,35-23-7-3-19(4-8-23)27(29)30)36-24-9-5-20(6-10-24)28(31)32/h3-18H,1-2H3. The van der Waals surface area contributed by atoms with E-state index >= 15 is 0 Å². The zero-order chi connectivity index (χ0) is 26.4. The number of nitro benzene ring substituents is 2. The van der Waals surface area contributed by atoms with Crippen molar-refractivity contribution in [2.75, 3.05) is 14.2 Å². The van der Waals surface area contributed by atoms with E-state index in [2.05, 4.69) is 0 Å². The first-order chi connectivity index (χ1) is 17.8. The van der Waals surface area contributed by atoms with Gasteiger partial charge in [0.05, 0.1) is 0 Å². The molecule has 190 valence electrons. The van der Waals surface area contributed by atoms with Crippen LogP contribution in [0.1, 0.15) is 0 Å². The van der Waals surface area contributed by atoms with Crippen molar-refractivity contribution in [3.63, 3.8) is 0 Å². The van der Waals surface area contributed by atoms with Gasteiger partial charge in [-0.2, -0.15) is 0 Å². The van der Waals surface area contributed by atoms with E-state index in [1.54, 1.807) is 38.5 Å². The fourth-order valence-corrected chi connectivity index (χ4v) is 10.3. The number of ether oxygens (including phenoxy) is 2. The first kappa shape index (κ1) is 25.8. The summed E-state index contributed by atoms with van der Waals surface area (Å²) in [5.74, 6) is 2.03. The second-order valence-electron chi connectivity index (χ2n) is 7.52. The third kappa shape index (κ3) is 5.74. The Bertz CT molecular complexity index is 1270. The molecule has 0 saturated carbocycles. The van der Waals surface area contributed by atoms with E-state index in [0.29, 0.717) is 23.0 Å². The van der Waals surface area contributed by atoms with Crippen molar-refractivity contribution < 1.29 is 25.5 Å². The molecule has 0 unspecified atom stereocenters. The molecule has 0 aliphatic carbocycles. The van der Waals surface area contributed by atoms with Crippen LogP contribution in [0.3, 0.4) is 0 Å². The number of hydrogen-bond acceptors (Lipinski definition) is 8. The molecule has 0 amide bonds. The van der Waals surface area contributed by atoms with Crippen LogP contribution >= 0.6 is 0 Å². The van der Waals surface area contributed by atoms with Gasteiger partial charge in [0.2, 0.25) is 0 Å². The van der Waals surface area contributed by atoms with Gasteiger partial charge >= 0.3 is 218 Å². The van der Waals surface area contributed by atoms with E-state index < -0.39 is 28.8 Å². The summed E-state index contributed by atoms with van der Waals surface area (Å²) in [5.41, 5.74) is -0.146. The number of non-ortho nitro benzene ring substituents is 2. The SMILES string of the molecule is COc1ccc([Te](Oc2ccc([N+](=O)[O-])cc2)(Oc2ccc([N+](=O)[O-])cc2)c2ccc(OC)cc2)cc1. The maximum atomic E-state index is 11.2. The van der Waals surface area contributed by atoms with Gasteiger partial charge in [-0.25, -0.2) is 0 Å². The third-order valence-corrected chi connectivity index (χ3v) is 12.8. The molecule has 0 radical (unpaired) electrons. The molecule has 0 heterocycles. The Morgan fingerprint density at radius 3 is 1.08 bits per heavy atom. The molecule has 4 rings (SSSR count). The summed E-state index contributed by atoms with van der Waals surface area (Å²) in [6.07, 6.45) is 0. The molecule has 0 atom stereocenters. The van der Waals surface area contributed by atoms with Crippen molar-refractivity contribution in [3.05, 3.63) is 117 Å². The molecule has 37 heavy (non-hydrogen) atoms. The van der Waals surface area contributed by atoms with E-state index in [1.165, 1.54) is 48.5 Å². The summed E-state index contributed by atoms with van der Waals surface area (Å²) < 4.78 is 25.5. The van der Waals surface area contributed by atoms with Crippen molar-refractivity contribution in [1.29, 1.82) is 0 Å². The molecule has 11 heteroatoms. The van der Waals surface area contributed by atoms with Crippen LogP contribution in [-0.2, 0) is 0 Å². The molecule has 0 aromatic heterocycles. The average Bonchev–Trinajstić information content (AvgIpc) is 2.93. The minimum absolute atomic E-state index is 0.0732. The van der Waals surface area contributed by atoms with Crippen LogP contribution in [0, 0.1) is 20.2 Å². The molecule has 0 N–H and O–H groups in total. The summed E-state index contributed by atoms with van der Waals surface area (Å²) in [6.45, 7) is 0. The first-order valence-electron chi connectivity index (χ1n) is 10.8. The Morgan fingerprint density at radius 1 is 0.514 bits per heavy atom. The maximum absolute atomic E-state index is 11.2. The van der Waals surface area contributed by atoms with Crippen LogP contribution in [0.2, 0.25) is 0 Å². The molecule has 0 saturated heterocycles. The van der Waals surface area contributed by atoms with E-state index in [9.17, 15) is 20.2 Å². The van der Waals surface area contributed by atoms with Gasteiger partial charge in [-0.3, -0.25) is 0 Å². The summed E-state index contributed by atoms with van der Waals surface area (Å²) >= 11 is -4.39. The minimum atomic E-state index is -4.39. The molecule has 0 spiro atoms. The average molecular weight is 618 g/mol. The van der Waals surface area contributed by atoms with Crippen LogP contribution in [-0.4, -0.2) is 43.1 Å². The summed E-state index contributed by atoms with van der Waals surface area (Å²) in [5, 5.41) is 22.3. The Kier molecular flexibility index (Phi) is 7.77. The van der Waals surface area contributed by atoms with Crippen LogP contribution in [0.4, 0.5) is 11.4 Å². The number of hydrogen-bond donors (Lipinski definition) is 0. The van der Waals surface area contributed by atoms with Gasteiger partial charge in [0.1, 0.15) is 0 Å². The van der Waals surface area contributed by atoms with Crippen molar-refractivity contribution in [1.82, 2.24) is 0 Å². The Morgan fingerprint density at radius 2 is 0.811 bits per heavy atom. The zero-order valence-electron chi connectivity index (χ0n) is 19.8. The normalized spacial score (nSPS) is 11.3. The summed E-state index contributed by atoms with van der Waals surface area (Å²) in [7, 11) is 3.13. The van der Waals surface area contributed by atoms with Gasteiger partial charge in [0, 0.05) is 0 Å². The van der Waals surface area contributed by atoms with Gasteiger partial charge < -0.3 is 0 Å². The predicted molar refractivity (Wildman–Crippen MR) is 138 cm³/mol. The molecule has 10 nitrogen and oxygen atoms in total. The van der Waals surface area contributed by atoms with Gasteiger partial charge in [-0.15, -0.1) is 0 Å². The topological polar surface area (TPSA) is 123 Å². The molecule has 0 aliphatic rings. The van der Waals surface area contributed by atoms with E-state index in [-0.39, 0.29) is 11.4 Å². The number of nitrogens with zero attached hydrogens (tertiary/aromatic N) is 2. The summed E-state index contributed by atoms with van der Waals surface area (Å²) in [6, 6.07) is 26.1. The van der Waals surface area contributed by atoms with E-state index in [4.69, 9.17) is 15.7 Å². The Labute approximate surface area is 217 Å². The van der Waals surface area contributed by atoms with E-state index in [1.807, 2.05) is 24.3 Å². The second kappa shape index (κ2) is 11.2. The third-order valence-electron chi connectivity index (χ3n) is 5.26. The van der Waals surface area contributed by atoms with Crippen molar-refractivity contribution in [3.8, 4) is 23.0 Å². The van der Waals surface area contributed by atoms with Gasteiger partial charge in [0.25, 0.3) is 0 Å². The van der Waals surface area contributed by atoms with Gasteiger partial charge in [-0.1, -0.05) is 0 Å². The first-order valence-corrected chi connectivity index (χ1v) is 15.1.